The number of esters is 1. The van der Waals surface area contributed by atoms with Crippen LogP contribution in [0.4, 0.5) is 0 Å². The van der Waals surface area contributed by atoms with Crippen LogP contribution in [-0.4, -0.2) is 25.3 Å². The summed E-state index contributed by atoms with van der Waals surface area (Å²) in [5.74, 6) is 1.26. The van der Waals surface area contributed by atoms with E-state index in [0.717, 1.165) is 54.6 Å². The van der Waals surface area contributed by atoms with E-state index in [-0.39, 0.29) is 6.10 Å². The lowest BCUT2D eigenvalue weighted by Gasteiger charge is -2.19. The maximum atomic E-state index is 11.7. The predicted octanol–water partition coefficient (Wildman–Crippen LogP) is 7.25. The Labute approximate surface area is 187 Å². The Kier molecular flexibility index (Phi) is 11.6. The topological polar surface area (TPSA) is 44.8 Å². The minimum absolute atomic E-state index is 0.282. The second-order valence-electron chi connectivity index (χ2n) is 7.94. The highest BCUT2D eigenvalue weighted by molar-refractivity contribution is 5.93. The second-order valence-corrected chi connectivity index (χ2v) is 7.94. The fourth-order valence-electron chi connectivity index (χ4n) is 3.58. The zero-order chi connectivity index (χ0) is 22.3. The van der Waals surface area contributed by atoms with Crippen molar-refractivity contribution in [3.8, 4) is 11.5 Å². The van der Waals surface area contributed by atoms with Crippen LogP contribution in [-0.2, 0) is 9.53 Å². The molecular formula is C27H38O4. The van der Waals surface area contributed by atoms with Crippen LogP contribution < -0.4 is 9.47 Å². The standard InChI is InChI=1S/C27H38O4/c1-4-7-9-11-15-22(31-27(28)6-3)21-30-26-19-18-25(29-20-14-10-8-5-2)23-16-12-13-17-24(23)26/h6,12-13,16-19,22H,3-5,7-11,14-15,20-21H2,1-2H3. The van der Waals surface area contributed by atoms with Crippen LogP contribution in [0.1, 0.15) is 71.6 Å². The van der Waals surface area contributed by atoms with E-state index in [1.807, 2.05) is 30.3 Å². The summed E-state index contributed by atoms with van der Waals surface area (Å²) >= 11 is 0. The number of fused-ring (bicyclic) bond motifs is 1. The number of carbonyl (C=O) groups excluding carboxylic acids is 1. The van der Waals surface area contributed by atoms with Crippen molar-refractivity contribution < 1.29 is 19.0 Å². The van der Waals surface area contributed by atoms with Crippen LogP contribution in [0, 0.1) is 0 Å². The van der Waals surface area contributed by atoms with Gasteiger partial charge in [0.05, 0.1) is 6.61 Å². The minimum atomic E-state index is -0.402. The van der Waals surface area contributed by atoms with Crippen LogP contribution in [0.5, 0.6) is 11.5 Å². The van der Waals surface area contributed by atoms with E-state index in [2.05, 4.69) is 26.5 Å². The molecule has 0 fully saturated rings. The normalized spacial score (nSPS) is 11.8. The van der Waals surface area contributed by atoms with E-state index in [0.29, 0.717) is 6.61 Å². The first kappa shape index (κ1) is 24.8. The van der Waals surface area contributed by atoms with Crippen molar-refractivity contribution in [2.24, 2.45) is 0 Å². The number of rotatable bonds is 16. The van der Waals surface area contributed by atoms with Gasteiger partial charge in [0.25, 0.3) is 0 Å². The molecule has 0 spiro atoms. The number of hydrogen-bond donors (Lipinski definition) is 0. The van der Waals surface area contributed by atoms with Gasteiger partial charge in [-0.1, -0.05) is 83.2 Å². The molecule has 1 unspecified atom stereocenters. The van der Waals surface area contributed by atoms with Crippen LogP contribution in [0.2, 0.25) is 0 Å². The van der Waals surface area contributed by atoms with Crippen LogP contribution in [0.15, 0.2) is 49.1 Å². The van der Waals surface area contributed by atoms with E-state index >= 15 is 0 Å². The SMILES string of the molecule is C=CC(=O)OC(CCCCCC)COc1ccc(OCCCCCC)c2ccccc12. The molecular weight excluding hydrogens is 388 g/mol. The van der Waals surface area contributed by atoms with Gasteiger partial charge in [0, 0.05) is 16.8 Å². The lowest BCUT2D eigenvalue weighted by atomic mass is 10.1. The van der Waals surface area contributed by atoms with E-state index < -0.39 is 5.97 Å². The zero-order valence-electron chi connectivity index (χ0n) is 19.2. The Bertz CT molecular complexity index is 799. The summed E-state index contributed by atoms with van der Waals surface area (Å²) in [7, 11) is 0. The Morgan fingerprint density at radius 2 is 1.48 bits per heavy atom. The molecule has 2 aromatic rings. The molecule has 4 heteroatoms. The molecule has 0 aromatic heterocycles. The first-order chi connectivity index (χ1) is 15.2. The molecule has 0 saturated heterocycles. The van der Waals surface area contributed by atoms with Crippen molar-refractivity contribution >= 4 is 16.7 Å². The molecule has 2 aromatic carbocycles. The average molecular weight is 427 g/mol. The summed E-state index contributed by atoms with van der Waals surface area (Å²) < 4.78 is 17.7. The summed E-state index contributed by atoms with van der Waals surface area (Å²) in [6.07, 6.45) is 10.9. The van der Waals surface area contributed by atoms with Crippen LogP contribution in [0.3, 0.4) is 0 Å². The first-order valence-electron chi connectivity index (χ1n) is 11.8. The first-order valence-corrected chi connectivity index (χ1v) is 11.8. The molecule has 1 atom stereocenters. The highest BCUT2D eigenvalue weighted by Crippen LogP contribution is 2.33. The van der Waals surface area contributed by atoms with E-state index in [1.165, 1.54) is 38.2 Å². The molecule has 0 radical (unpaired) electrons. The third-order valence-electron chi connectivity index (χ3n) is 5.35. The van der Waals surface area contributed by atoms with Crippen molar-refractivity contribution in [3.63, 3.8) is 0 Å². The molecule has 31 heavy (non-hydrogen) atoms. The van der Waals surface area contributed by atoms with Gasteiger partial charge in [-0.15, -0.1) is 0 Å². The summed E-state index contributed by atoms with van der Waals surface area (Å²) in [5.41, 5.74) is 0. The monoisotopic (exact) mass is 426 g/mol. The van der Waals surface area contributed by atoms with Crippen LogP contribution >= 0.6 is 0 Å². The third kappa shape index (κ3) is 8.64. The van der Waals surface area contributed by atoms with Gasteiger partial charge in [0.2, 0.25) is 0 Å². The summed E-state index contributed by atoms with van der Waals surface area (Å²) in [5, 5.41) is 2.05. The Balaban J connectivity index is 2.04. The summed E-state index contributed by atoms with van der Waals surface area (Å²) in [6, 6.07) is 12.0. The van der Waals surface area contributed by atoms with Gasteiger partial charge in [-0.25, -0.2) is 4.79 Å². The van der Waals surface area contributed by atoms with Gasteiger partial charge in [-0.2, -0.15) is 0 Å². The predicted molar refractivity (Wildman–Crippen MR) is 128 cm³/mol. The van der Waals surface area contributed by atoms with Crippen molar-refractivity contribution in [1.82, 2.24) is 0 Å². The summed E-state index contributed by atoms with van der Waals surface area (Å²) in [6.45, 7) is 8.95. The second kappa shape index (κ2) is 14.5. The number of carbonyl (C=O) groups is 1. The minimum Gasteiger partial charge on any atom is -0.493 e. The smallest absolute Gasteiger partial charge is 0.330 e. The van der Waals surface area contributed by atoms with E-state index in [1.54, 1.807) is 0 Å². The molecule has 0 aliphatic heterocycles. The number of benzene rings is 2. The Hall–Kier alpha value is -2.49. The average Bonchev–Trinajstić information content (AvgIpc) is 2.80. The lowest BCUT2D eigenvalue weighted by Crippen LogP contribution is -2.24. The molecule has 0 amide bonds. The van der Waals surface area contributed by atoms with Gasteiger partial charge in [-0.3, -0.25) is 0 Å². The highest BCUT2D eigenvalue weighted by Gasteiger charge is 2.15. The molecule has 2 rings (SSSR count). The molecule has 0 heterocycles. The number of hydrogen-bond acceptors (Lipinski definition) is 4. The summed E-state index contributed by atoms with van der Waals surface area (Å²) in [4.78, 5) is 11.7. The van der Waals surface area contributed by atoms with Gasteiger partial charge < -0.3 is 14.2 Å². The molecule has 0 saturated carbocycles. The molecule has 4 nitrogen and oxygen atoms in total. The molecule has 170 valence electrons. The fourth-order valence-corrected chi connectivity index (χ4v) is 3.58. The van der Waals surface area contributed by atoms with Gasteiger partial charge in [-0.05, 0) is 31.4 Å². The number of ether oxygens (including phenoxy) is 3. The van der Waals surface area contributed by atoms with E-state index in [9.17, 15) is 4.79 Å². The largest absolute Gasteiger partial charge is 0.493 e. The Morgan fingerprint density at radius 3 is 2.10 bits per heavy atom. The third-order valence-corrected chi connectivity index (χ3v) is 5.35. The molecule has 0 bridgehead atoms. The lowest BCUT2D eigenvalue weighted by molar-refractivity contribution is -0.144. The Morgan fingerprint density at radius 1 is 0.871 bits per heavy atom. The molecule has 0 N–H and O–H groups in total. The maximum absolute atomic E-state index is 11.7. The molecule has 0 aliphatic rings. The maximum Gasteiger partial charge on any atom is 0.330 e. The van der Waals surface area contributed by atoms with Crippen molar-refractivity contribution in [2.45, 2.75) is 77.7 Å². The van der Waals surface area contributed by atoms with Crippen molar-refractivity contribution in [1.29, 1.82) is 0 Å². The van der Waals surface area contributed by atoms with Crippen LogP contribution in [0.25, 0.3) is 10.8 Å². The van der Waals surface area contributed by atoms with Gasteiger partial charge in [0.1, 0.15) is 24.2 Å². The van der Waals surface area contributed by atoms with Crippen molar-refractivity contribution in [2.75, 3.05) is 13.2 Å². The fraction of sp³-hybridized carbons (Fsp3) is 0.519. The highest BCUT2D eigenvalue weighted by atomic mass is 16.6. The van der Waals surface area contributed by atoms with Gasteiger partial charge in [0.15, 0.2) is 0 Å². The van der Waals surface area contributed by atoms with Gasteiger partial charge >= 0.3 is 5.97 Å². The number of unbranched alkanes of at least 4 members (excludes halogenated alkanes) is 6. The zero-order valence-corrected chi connectivity index (χ0v) is 19.2. The molecule has 0 aliphatic carbocycles. The van der Waals surface area contributed by atoms with Crippen molar-refractivity contribution in [3.05, 3.63) is 49.1 Å². The van der Waals surface area contributed by atoms with E-state index in [4.69, 9.17) is 14.2 Å². The quantitative estimate of drug-likeness (QED) is 0.161.